The topological polar surface area (TPSA) is 99.4 Å². The SMILES string of the molecule is CCCC(=O)Nc1nc(N)ncc1Oc1ccc(OC)cc1C(C)C. The Labute approximate surface area is 147 Å². The Balaban J connectivity index is 2.35. The number of nitrogens with two attached hydrogens (primary N) is 1. The minimum Gasteiger partial charge on any atom is -0.497 e. The van der Waals surface area contributed by atoms with Crippen molar-refractivity contribution >= 4 is 17.7 Å². The van der Waals surface area contributed by atoms with Gasteiger partial charge >= 0.3 is 0 Å². The molecule has 0 atom stereocenters. The van der Waals surface area contributed by atoms with Crippen LogP contribution in [-0.2, 0) is 4.79 Å². The van der Waals surface area contributed by atoms with E-state index in [1.807, 2.05) is 25.1 Å². The highest BCUT2D eigenvalue weighted by molar-refractivity contribution is 5.91. The number of methoxy groups -OCH3 is 1. The van der Waals surface area contributed by atoms with Crippen LogP contribution in [0.1, 0.15) is 45.1 Å². The molecule has 7 heteroatoms. The summed E-state index contributed by atoms with van der Waals surface area (Å²) in [6.45, 7) is 6.05. The lowest BCUT2D eigenvalue weighted by Crippen LogP contribution is -2.14. The quantitative estimate of drug-likeness (QED) is 0.794. The van der Waals surface area contributed by atoms with E-state index in [4.69, 9.17) is 15.2 Å². The van der Waals surface area contributed by atoms with Crippen molar-refractivity contribution in [2.24, 2.45) is 0 Å². The highest BCUT2D eigenvalue weighted by Crippen LogP contribution is 2.35. The molecular weight excluding hydrogens is 320 g/mol. The maximum atomic E-state index is 11.9. The van der Waals surface area contributed by atoms with Crippen molar-refractivity contribution in [3.8, 4) is 17.2 Å². The first-order chi connectivity index (χ1) is 11.9. The highest BCUT2D eigenvalue weighted by Gasteiger charge is 2.15. The summed E-state index contributed by atoms with van der Waals surface area (Å²) >= 11 is 0. The fourth-order valence-electron chi connectivity index (χ4n) is 2.29. The molecule has 134 valence electrons. The molecule has 0 aliphatic carbocycles. The zero-order valence-electron chi connectivity index (χ0n) is 15.0. The van der Waals surface area contributed by atoms with Gasteiger partial charge in [0.1, 0.15) is 11.5 Å². The minimum atomic E-state index is -0.149. The molecule has 0 radical (unpaired) electrons. The van der Waals surface area contributed by atoms with Crippen molar-refractivity contribution in [2.75, 3.05) is 18.2 Å². The van der Waals surface area contributed by atoms with E-state index in [9.17, 15) is 4.79 Å². The van der Waals surface area contributed by atoms with Crippen LogP contribution in [0.3, 0.4) is 0 Å². The summed E-state index contributed by atoms with van der Waals surface area (Å²) in [5.41, 5.74) is 6.62. The highest BCUT2D eigenvalue weighted by atomic mass is 16.5. The van der Waals surface area contributed by atoms with Crippen molar-refractivity contribution in [3.63, 3.8) is 0 Å². The second-order valence-corrected chi connectivity index (χ2v) is 5.90. The standard InChI is InChI=1S/C18H24N4O3/c1-5-6-16(23)21-17-15(10-20-18(19)22-17)25-14-8-7-12(24-4)9-13(14)11(2)3/h7-11H,5-6H2,1-4H3,(H3,19,20,21,22,23). The summed E-state index contributed by atoms with van der Waals surface area (Å²) in [6.07, 6.45) is 2.58. The largest absolute Gasteiger partial charge is 0.497 e. The molecule has 3 N–H and O–H groups in total. The van der Waals surface area contributed by atoms with E-state index >= 15 is 0 Å². The molecule has 2 rings (SSSR count). The molecule has 0 aliphatic rings. The van der Waals surface area contributed by atoms with Crippen LogP contribution in [0.15, 0.2) is 24.4 Å². The van der Waals surface area contributed by atoms with Crippen LogP contribution in [0.4, 0.5) is 11.8 Å². The Bertz CT molecular complexity index is 747. The first kappa shape index (κ1) is 18.5. The van der Waals surface area contributed by atoms with E-state index in [1.165, 1.54) is 6.20 Å². The van der Waals surface area contributed by atoms with E-state index in [0.717, 1.165) is 17.7 Å². The fraction of sp³-hybridized carbons (Fsp3) is 0.389. The van der Waals surface area contributed by atoms with E-state index in [1.54, 1.807) is 7.11 Å². The number of nitrogen functional groups attached to an aromatic ring is 1. The number of amides is 1. The van der Waals surface area contributed by atoms with Crippen molar-refractivity contribution in [1.29, 1.82) is 0 Å². The van der Waals surface area contributed by atoms with Gasteiger partial charge in [-0.25, -0.2) is 4.98 Å². The number of ether oxygens (including phenoxy) is 2. The van der Waals surface area contributed by atoms with Gasteiger partial charge in [-0.2, -0.15) is 4.98 Å². The first-order valence-electron chi connectivity index (χ1n) is 8.22. The van der Waals surface area contributed by atoms with Gasteiger partial charge in [-0.15, -0.1) is 0 Å². The molecule has 0 fully saturated rings. The van der Waals surface area contributed by atoms with Gasteiger partial charge in [0.25, 0.3) is 0 Å². The van der Waals surface area contributed by atoms with Gasteiger partial charge in [0.05, 0.1) is 13.3 Å². The number of aromatic nitrogens is 2. The van der Waals surface area contributed by atoms with Gasteiger partial charge in [0.15, 0.2) is 11.6 Å². The van der Waals surface area contributed by atoms with Crippen LogP contribution < -0.4 is 20.5 Å². The Morgan fingerprint density at radius 1 is 1.32 bits per heavy atom. The maximum Gasteiger partial charge on any atom is 0.225 e. The van der Waals surface area contributed by atoms with Gasteiger partial charge in [-0.1, -0.05) is 20.8 Å². The second kappa shape index (κ2) is 8.32. The Hall–Kier alpha value is -2.83. The van der Waals surface area contributed by atoms with Crippen molar-refractivity contribution < 1.29 is 14.3 Å². The third-order valence-electron chi connectivity index (χ3n) is 3.57. The summed E-state index contributed by atoms with van der Waals surface area (Å²) in [6, 6.07) is 5.56. The molecule has 0 bridgehead atoms. The van der Waals surface area contributed by atoms with Gasteiger partial charge in [0, 0.05) is 12.0 Å². The lowest BCUT2D eigenvalue weighted by Gasteiger charge is -2.16. The second-order valence-electron chi connectivity index (χ2n) is 5.90. The normalized spacial score (nSPS) is 10.6. The molecule has 2 aromatic rings. The van der Waals surface area contributed by atoms with Crippen LogP contribution >= 0.6 is 0 Å². The fourth-order valence-corrected chi connectivity index (χ4v) is 2.29. The first-order valence-corrected chi connectivity index (χ1v) is 8.22. The lowest BCUT2D eigenvalue weighted by atomic mass is 10.0. The van der Waals surface area contributed by atoms with Gasteiger partial charge < -0.3 is 20.5 Å². The molecule has 0 saturated heterocycles. The molecule has 0 aliphatic heterocycles. The zero-order valence-corrected chi connectivity index (χ0v) is 15.0. The lowest BCUT2D eigenvalue weighted by molar-refractivity contribution is -0.116. The van der Waals surface area contributed by atoms with E-state index in [2.05, 4.69) is 29.1 Å². The molecule has 1 aromatic heterocycles. The van der Waals surface area contributed by atoms with Crippen LogP contribution in [0.2, 0.25) is 0 Å². The predicted octanol–water partition coefficient (Wildman–Crippen LogP) is 3.72. The summed E-state index contributed by atoms with van der Waals surface area (Å²) in [5, 5.41) is 2.72. The number of hydrogen-bond acceptors (Lipinski definition) is 6. The zero-order chi connectivity index (χ0) is 18.4. The molecule has 1 amide bonds. The molecule has 0 unspecified atom stereocenters. The molecule has 7 nitrogen and oxygen atoms in total. The third-order valence-corrected chi connectivity index (χ3v) is 3.57. The number of nitrogens with one attached hydrogen (secondary N) is 1. The molecule has 0 saturated carbocycles. The average Bonchev–Trinajstić information content (AvgIpc) is 2.57. The molecule has 0 spiro atoms. The van der Waals surface area contributed by atoms with Gasteiger partial charge in [0.2, 0.25) is 11.9 Å². The molecular formula is C18H24N4O3. The van der Waals surface area contributed by atoms with Gasteiger partial charge in [-0.05, 0) is 30.5 Å². The van der Waals surface area contributed by atoms with Crippen molar-refractivity contribution in [2.45, 2.75) is 39.5 Å². The van der Waals surface area contributed by atoms with E-state index in [0.29, 0.717) is 17.9 Å². The molecule has 25 heavy (non-hydrogen) atoms. The number of carbonyl (C=O) groups excluding carboxylic acids is 1. The minimum absolute atomic E-state index is 0.0676. The number of hydrogen-bond donors (Lipinski definition) is 2. The number of anilines is 2. The van der Waals surface area contributed by atoms with Crippen LogP contribution in [0.25, 0.3) is 0 Å². The molecule has 1 aromatic carbocycles. The van der Waals surface area contributed by atoms with Crippen LogP contribution in [-0.4, -0.2) is 23.0 Å². The summed E-state index contributed by atoms with van der Waals surface area (Å²) < 4.78 is 11.3. The Morgan fingerprint density at radius 3 is 2.72 bits per heavy atom. The van der Waals surface area contributed by atoms with Gasteiger partial charge in [-0.3, -0.25) is 4.79 Å². The number of rotatable bonds is 7. The number of carbonyl (C=O) groups is 1. The number of nitrogens with zero attached hydrogens (tertiary/aromatic N) is 2. The Morgan fingerprint density at radius 2 is 2.08 bits per heavy atom. The maximum absolute atomic E-state index is 11.9. The summed E-state index contributed by atoms with van der Waals surface area (Å²) in [4.78, 5) is 20.0. The van der Waals surface area contributed by atoms with Crippen LogP contribution in [0.5, 0.6) is 17.2 Å². The summed E-state index contributed by atoms with van der Waals surface area (Å²) in [7, 11) is 1.62. The predicted molar refractivity (Wildman–Crippen MR) is 97.1 cm³/mol. The Kier molecular flexibility index (Phi) is 6.16. The summed E-state index contributed by atoms with van der Waals surface area (Å²) in [5.74, 6) is 2.14. The van der Waals surface area contributed by atoms with Crippen molar-refractivity contribution in [1.82, 2.24) is 9.97 Å². The van der Waals surface area contributed by atoms with Crippen LogP contribution in [0, 0.1) is 0 Å². The monoisotopic (exact) mass is 344 g/mol. The third kappa shape index (κ3) is 4.82. The van der Waals surface area contributed by atoms with E-state index in [-0.39, 0.29) is 23.6 Å². The molecule has 1 heterocycles. The smallest absolute Gasteiger partial charge is 0.225 e. The van der Waals surface area contributed by atoms with E-state index < -0.39 is 0 Å². The number of benzene rings is 1. The van der Waals surface area contributed by atoms with Crippen molar-refractivity contribution in [3.05, 3.63) is 30.0 Å². The average molecular weight is 344 g/mol.